The van der Waals surface area contributed by atoms with Gasteiger partial charge in [-0.25, -0.2) is 4.79 Å². The van der Waals surface area contributed by atoms with Gasteiger partial charge in [0.15, 0.2) is 0 Å². The third kappa shape index (κ3) is 4.03. The number of carbonyl (C=O) groups is 1. The molecule has 0 aliphatic carbocycles. The van der Waals surface area contributed by atoms with Gasteiger partial charge in [-0.3, -0.25) is 0 Å². The minimum Gasteiger partial charge on any atom is -0.337 e. The Bertz CT molecular complexity index is 911. The zero-order chi connectivity index (χ0) is 18.6. The number of hydrogen-bond donors (Lipinski definition) is 1. The standard InChI is InChI=1S/C20H19BrN4O2/c21-15-9-11-16(12-10-15)22-20(26)25-13-5-4-8-17(25)19-23-18(24-27-19)14-6-2-1-3-7-14/h1-3,6-7,9-12,17H,4-5,8,13H2,(H,22,26). The number of nitrogens with zero attached hydrogens (tertiary/aromatic N) is 3. The number of benzene rings is 2. The van der Waals surface area contributed by atoms with E-state index in [2.05, 4.69) is 31.4 Å². The van der Waals surface area contributed by atoms with E-state index in [1.54, 1.807) is 4.90 Å². The predicted octanol–water partition coefficient (Wildman–Crippen LogP) is 5.26. The summed E-state index contributed by atoms with van der Waals surface area (Å²) < 4.78 is 6.48. The maximum atomic E-state index is 12.8. The lowest BCUT2D eigenvalue weighted by Gasteiger charge is -2.33. The number of halogens is 1. The van der Waals surface area contributed by atoms with E-state index in [1.807, 2.05) is 54.6 Å². The van der Waals surface area contributed by atoms with Gasteiger partial charge in [-0.05, 0) is 43.5 Å². The van der Waals surface area contributed by atoms with Crippen LogP contribution in [-0.2, 0) is 0 Å². The SMILES string of the molecule is O=C(Nc1ccc(Br)cc1)N1CCCCC1c1nc(-c2ccccc2)no1. The van der Waals surface area contributed by atoms with Crippen molar-refractivity contribution in [1.82, 2.24) is 15.0 Å². The van der Waals surface area contributed by atoms with Crippen LogP contribution >= 0.6 is 15.9 Å². The second-order valence-electron chi connectivity index (χ2n) is 6.46. The van der Waals surface area contributed by atoms with Gasteiger partial charge in [-0.1, -0.05) is 51.4 Å². The molecule has 1 aromatic heterocycles. The molecule has 1 aliphatic rings. The Morgan fingerprint density at radius 2 is 1.89 bits per heavy atom. The van der Waals surface area contributed by atoms with Gasteiger partial charge in [-0.15, -0.1) is 0 Å². The first-order chi connectivity index (χ1) is 13.2. The van der Waals surface area contributed by atoms with Crippen molar-refractivity contribution in [1.29, 1.82) is 0 Å². The van der Waals surface area contributed by atoms with E-state index in [0.717, 1.165) is 35.0 Å². The second kappa shape index (κ2) is 7.92. The molecule has 2 amide bonds. The van der Waals surface area contributed by atoms with Gasteiger partial charge in [0.1, 0.15) is 6.04 Å². The molecule has 2 aromatic carbocycles. The van der Waals surface area contributed by atoms with Crippen LogP contribution in [-0.4, -0.2) is 27.6 Å². The number of urea groups is 1. The highest BCUT2D eigenvalue weighted by Gasteiger charge is 2.32. The Hall–Kier alpha value is -2.67. The molecule has 1 fully saturated rings. The van der Waals surface area contributed by atoms with Crippen molar-refractivity contribution >= 4 is 27.6 Å². The highest BCUT2D eigenvalue weighted by atomic mass is 79.9. The predicted molar refractivity (Wildman–Crippen MR) is 106 cm³/mol. The lowest BCUT2D eigenvalue weighted by molar-refractivity contribution is 0.142. The molecule has 1 unspecified atom stereocenters. The zero-order valence-corrected chi connectivity index (χ0v) is 16.2. The summed E-state index contributed by atoms with van der Waals surface area (Å²) in [6.45, 7) is 0.663. The Morgan fingerprint density at radius 3 is 2.67 bits per heavy atom. The maximum absolute atomic E-state index is 12.8. The molecular weight excluding hydrogens is 408 g/mol. The van der Waals surface area contributed by atoms with Crippen LogP contribution in [0.4, 0.5) is 10.5 Å². The van der Waals surface area contributed by atoms with E-state index >= 15 is 0 Å². The summed E-state index contributed by atoms with van der Waals surface area (Å²) in [5.41, 5.74) is 1.65. The first-order valence-electron chi connectivity index (χ1n) is 8.93. The van der Waals surface area contributed by atoms with Crippen LogP contribution in [0.5, 0.6) is 0 Å². The number of aromatic nitrogens is 2. The van der Waals surface area contributed by atoms with Gasteiger partial charge in [0, 0.05) is 22.3 Å². The van der Waals surface area contributed by atoms with Crippen molar-refractivity contribution in [2.45, 2.75) is 25.3 Å². The molecule has 2 heterocycles. The fourth-order valence-corrected chi connectivity index (χ4v) is 3.50. The van der Waals surface area contributed by atoms with Crippen molar-refractivity contribution in [2.75, 3.05) is 11.9 Å². The highest BCUT2D eigenvalue weighted by molar-refractivity contribution is 9.10. The lowest BCUT2D eigenvalue weighted by atomic mass is 10.0. The normalized spacial score (nSPS) is 16.9. The van der Waals surface area contributed by atoms with Gasteiger partial charge in [0.2, 0.25) is 11.7 Å². The Labute approximate surface area is 165 Å². The summed E-state index contributed by atoms with van der Waals surface area (Å²) in [6.07, 6.45) is 2.80. The van der Waals surface area contributed by atoms with Crippen molar-refractivity contribution < 1.29 is 9.32 Å². The van der Waals surface area contributed by atoms with E-state index < -0.39 is 0 Å². The molecule has 27 heavy (non-hydrogen) atoms. The topological polar surface area (TPSA) is 71.3 Å². The molecule has 138 valence electrons. The fraction of sp³-hybridized carbons (Fsp3) is 0.250. The first-order valence-corrected chi connectivity index (χ1v) is 9.72. The summed E-state index contributed by atoms with van der Waals surface area (Å²) in [7, 11) is 0. The van der Waals surface area contributed by atoms with Crippen molar-refractivity contribution in [3.63, 3.8) is 0 Å². The molecule has 6 nitrogen and oxygen atoms in total. The number of rotatable bonds is 3. The van der Waals surface area contributed by atoms with E-state index in [9.17, 15) is 4.79 Å². The number of anilines is 1. The van der Waals surface area contributed by atoms with Crippen LogP contribution in [0.2, 0.25) is 0 Å². The minimum absolute atomic E-state index is 0.151. The van der Waals surface area contributed by atoms with Gasteiger partial charge < -0.3 is 14.7 Å². The van der Waals surface area contributed by atoms with Crippen LogP contribution in [0.15, 0.2) is 63.6 Å². The molecule has 0 radical (unpaired) electrons. The molecule has 7 heteroatoms. The van der Waals surface area contributed by atoms with Crippen molar-refractivity contribution in [2.24, 2.45) is 0 Å². The number of nitrogens with one attached hydrogen (secondary N) is 1. The van der Waals surface area contributed by atoms with E-state index in [1.165, 1.54) is 0 Å². The average molecular weight is 427 g/mol. The van der Waals surface area contributed by atoms with Crippen LogP contribution in [0.3, 0.4) is 0 Å². The molecule has 0 spiro atoms. The number of hydrogen-bond acceptors (Lipinski definition) is 4. The molecule has 0 saturated carbocycles. The van der Waals surface area contributed by atoms with Gasteiger partial charge in [0.25, 0.3) is 0 Å². The fourth-order valence-electron chi connectivity index (χ4n) is 3.23. The number of amides is 2. The number of carbonyl (C=O) groups excluding carboxylic acids is 1. The first kappa shape index (κ1) is 17.7. The molecule has 1 atom stereocenters. The quantitative estimate of drug-likeness (QED) is 0.619. The van der Waals surface area contributed by atoms with Gasteiger partial charge >= 0.3 is 6.03 Å². The Morgan fingerprint density at radius 1 is 1.11 bits per heavy atom. The van der Waals surface area contributed by atoms with E-state index in [4.69, 9.17) is 4.52 Å². The monoisotopic (exact) mass is 426 g/mol. The van der Waals surface area contributed by atoms with Gasteiger partial charge in [-0.2, -0.15) is 4.98 Å². The summed E-state index contributed by atoms with van der Waals surface area (Å²) in [6, 6.07) is 16.8. The van der Waals surface area contributed by atoms with E-state index in [0.29, 0.717) is 18.3 Å². The summed E-state index contributed by atoms with van der Waals surface area (Å²) in [4.78, 5) is 19.2. The minimum atomic E-state index is -0.209. The largest absolute Gasteiger partial charge is 0.337 e. The van der Waals surface area contributed by atoms with Crippen LogP contribution in [0, 0.1) is 0 Å². The third-order valence-corrected chi connectivity index (χ3v) is 5.15. The van der Waals surface area contributed by atoms with Crippen molar-refractivity contribution in [3.05, 3.63) is 65.0 Å². The second-order valence-corrected chi connectivity index (χ2v) is 7.38. The van der Waals surface area contributed by atoms with Crippen LogP contribution in [0.25, 0.3) is 11.4 Å². The number of piperidine rings is 1. The molecule has 1 N–H and O–H groups in total. The van der Waals surface area contributed by atoms with Crippen molar-refractivity contribution in [3.8, 4) is 11.4 Å². The molecule has 1 aliphatic heterocycles. The number of likely N-dealkylation sites (tertiary alicyclic amines) is 1. The van der Waals surface area contributed by atoms with Gasteiger partial charge in [0.05, 0.1) is 0 Å². The van der Waals surface area contributed by atoms with Crippen LogP contribution in [0.1, 0.15) is 31.2 Å². The Balaban J connectivity index is 1.53. The molecule has 1 saturated heterocycles. The average Bonchev–Trinajstić information content (AvgIpc) is 3.20. The van der Waals surface area contributed by atoms with Crippen LogP contribution < -0.4 is 5.32 Å². The van der Waals surface area contributed by atoms with E-state index in [-0.39, 0.29) is 12.1 Å². The Kier molecular flexibility index (Phi) is 5.20. The lowest BCUT2D eigenvalue weighted by Crippen LogP contribution is -2.41. The molecular formula is C20H19BrN4O2. The zero-order valence-electron chi connectivity index (χ0n) is 14.6. The third-order valence-electron chi connectivity index (χ3n) is 4.62. The molecule has 3 aromatic rings. The summed E-state index contributed by atoms with van der Waals surface area (Å²) in [5.74, 6) is 1.03. The molecule has 0 bridgehead atoms. The maximum Gasteiger partial charge on any atom is 0.322 e. The molecule has 4 rings (SSSR count). The summed E-state index contributed by atoms with van der Waals surface area (Å²) in [5, 5.41) is 7.05. The highest BCUT2D eigenvalue weighted by Crippen LogP contribution is 2.31. The smallest absolute Gasteiger partial charge is 0.322 e. The summed E-state index contributed by atoms with van der Waals surface area (Å²) >= 11 is 3.40.